The van der Waals surface area contributed by atoms with Crippen molar-refractivity contribution in [3.8, 4) is 0 Å². The number of carbonyl (C=O) groups excluding carboxylic acids is 3. The average Bonchev–Trinajstić information content (AvgIpc) is 3.10. The van der Waals surface area contributed by atoms with Crippen LogP contribution in [0.5, 0.6) is 0 Å². The Balaban J connectivity index is 1.70. The Morgan fingerprint density at radius 1 is 1.18 bits per heavy atom. The molecule has 1 heterocycles. The van der Waals surface area contributed by atoms with Gasteiger partial charge in [-0.3, -0.25) is 14.4 Å². The summed E-state index contributed by atoms with van der Waals surface area (Å²) in [7, 11) is 0. The Morgan fingerprint density at radius 2 is 1.89 bits per heavy atom. The number of halogens is 1. The molecule has 3 rings (SSSR count). The molecule has 2 atom stereocenters. The third-order valence-electron chi connectivity index (χ3n) is 4.97. The van der Waals surface area contributed by atoms with E-state index in [1.54, 1.807) is 54.3 Å². The van der Waals surface area contributed by atoms with Crippen molar-refractivity contribution in [1.29, 1.82) is 0 Å². The third kappa shape index (κ3) is 4.09. The van der Waals surface area contributed by atoms with Crippen LogP contribution >= 0.6 is 11.6 Å². The second kappa shape index (κ2) is 8.57. The second-order valence-electron chi connectivity index (χ2n) is 6.85. The van der Waals surface area contributed by atoms with Crippen molar-refractivity contribution in [2.24, 2.45) is 5.92 Å². The van der Waals surface area contributed by atoms with E-state index in [0.29, 0.717) is 22.7 Å². The molecule has 1 saturated heterocycles. The van der Waals surface area contributed by atoms with E-state index in [0.717, 1.165) is 5.56 Å². The average molecular weight is 400 g/mol. The monoisotopic (exact) mass is 399 g/mol. The molecule has 0 radical (unpaired) electrons. The van der Waals surface area contributed by atoms with Gasteiger partial charge in [-0.1, -0.05) is 54.9 Å². The number of hydrogen-bond donors (Lipinski definition) is 0. The standard InChI is InChI=1S/C22H22ClNO4/c1-3-19(21(26)15-8-5-4-6-9-15)28-22(27)16-12-20(25)24(13-16)18-11-7-10-17(23)14(18)2/h4-11,16,19H,3,12-13H2,1-2H3/t16-,19+/m1/s1. The second-order valence-corrected chi connectivity index (χ2v) is 7.26. The maximum absolute atomic E-state index is 12.6. The van der Waals surface area contributed by atoms with Crippen LogP contribution in [-0.4, -0.2) is 30.3 Å². The van der Waals surface area contributed by atoms with Crippen molar-refractivity contribution in [3.05, 3.63) is 64.7 Å². The van der Waals surface area contributed by atoms with Crippen LogP contribution < -0.4 is 4.90 Å². The molecule has 28 heavy (non-hydrogen) atoms. The van der Waals surface area contributed by atoms with Gasteiger partial charge in [-0.25, -0.2) is 0 Å². The highest BCUT2D eigenvalue weighted by Crippen LogP contribution is 2.32. The number of carbonyl (C=O) groups is 3. The van der Waals surface area contributed by atoms with E-state index < -0.39 is 18.0 Å². The quantitative estimate of drug-likeness (QED) is 0.539. The molecule has 2 aromatic carbocycles. The summed E-state index contributed by atoms with van der Waals surface area (Å²) < 4.78 is 5.49. The molecule has 2 aromatic rings. The first-order chi connectivity index (χ1) is 13.4. The van der Waals surface area contributed by atoms with E-state index in [1.807, 2.05) is 13.0 Å². The maximum atomic E-state index is 12.6. The normalized spacial score (nSPS) is 17.5. The lowest BCUT2D eigenvalue weighted by atomic mass is 10.0. The first-order valence-corrected chi connectivity index (χ1v) is 9.65. The van der Waals surface area contributed by atoms with Gasteiger partial charge in [0.05, 0.1) is 5.92 Å². The highest BCUT2D eigenvalue weighted by molar-refractivity contribution is 6.31. The summed E-state index contributed by atoms with van der Waals surface area (Å²) >= 11 is 6.15. The number of rotatable bonds is 6. The Kier molecular flexibility index (Phi) is 6.15. The topological polar surface area (TPSA) is 63.7 Å². The predicted molar refractivity (Wildman–Crippen MR) is 108 cm³/mol. The van der Waals surface area contributed by atoms with E-state index in [9.17, 15) is 14.4 Å². The predicted octanol–water partition coefficient (Wildman–Crippen LogP) is 4.21. The van der Waals surface area contributed by atoms with Crippen molar-refractivity contribution in [3.63, 3.8) is 0 Å². The number of ether oxygens (including phenoxy) is 1. The number of Topliss-reactive ketones (excluding diaryl/α,β-unsaturated/α-hetero) is 1. The van der Waals surface area contributed by atoms with E-state index in [1.165, 1.54) is 0 Å². The molecular weight excluding hydrogens is 378 g/mol. The fourth-order valence-electron chi connectivity index (χ4n) is 3.33. The zero-order chi connectivity index (χ0) is 20.3. The smallest absolute Gasteiger partial charge is 0.312 e. The first-order valence-electron chi connectivity index (χ1n) is 9.27. The number of amides is 1. The van der Waals surface area contributed by atoms with Crippen LogP contribution in [0.1, 0.15) is 35.7 Å². The summed E-state index contributed by atoms with van der Waals surface area (Å²) in [6, 6.07) is 14.1. The van der Waals surface area contributed by atoms with Crippen molar-refractivity contribution in [2.45, 2.75) is 32.8 Å². The molecule has 0 unspecified atom stereocenters. The fraction of sp³-hybridized carbons (Fsp3) is 0.318. The SMILES string of the molecule is CC[C@H](OC(=O)[C@@H]1CC(=O)N(c2cccc(Cl)c2C)C1)C(=O)c1ccccc1. The van der Waals surface area contributed by atoms with E-state index in [2.05, 4.69) is 0 Å². The molecule has 1 aliphatic heterocycles. The van der Waals surface area contributed by atoms with E-state index in [4.69, 9.17) is 16.3 Å². The molecular formula is C22H22ClNO4. The number of hydrogen-bond acceptors (Lipinski definition) is 4. The molecule has 0 bridgehead atoms. The molecule has 6 heteroatoms. The number of ketones is 1. The first kappa shape index (κ1) is 20.1. The van der Waals surface area contributed by atoms with Crippen LogP contribution in [0.15, 0.2) is 48.5 Å². The van der Waals surface area contributed by atoms with Crippen LogP contribution in [0.4, 0.5) is 5.69 Å². The van der Waals surface area contributed by atoms with Crippen molar-refractivity contribution >= 4 is 34.9 Å². The summed E-state index contributed by atoms with van der Waals surface area (Å²) in [5, 5.41) is 0.566. The number of nitrogens with zero attached hydrogens (tertiary/aromatic N) is 1. The van der Waals surface area contributed by atoms with Crippen molar-refractivity contribution in [2.75, 3.05) is 11.4 Å². The lowest BCUT2D eigenvalue weighted by Crippen LogP contribution is -2.32. The molecule has 5 nitrogen and oxygen atoms in total. The van der Waals surface area contributed by atoms with Crippen molar-refractivity contribution in [1.82, 2.24) is 0 Å². The van der Waals surface area contributed by atoms with Gasteiger partial charge in [-0.15, -0.1) is 0 Å². The third-order valence-corrected chi connectivity index (χ3v) is 5.38. The van der Waals surface area contributed by atoms with Gasteiger partial charge >= 0.3 is 5.97 Å². The summed E-state index contributed by atoms with van der Waals surface area (Å²) in [6.07, 6.45) is -0.426. The Hall–Kier alpha value is -2.66. The van der Waals surface area contributed by atoms with Gasteiger partial charge < -0.3 is 9.64 Å². The zero-order valence-corrected chi connectivity index (χ0v) is 16.6. The molecule has 1 fully saturated rings. The van der Waals surface area contributed by atoms with Gasteiger partial charge in [0.15, 0.2) is 6.10 Å². The minimum absolute atomic E-state index is 0.0563. The van der Waals surface area contributed by atoms with Crippen LogP contribution in [0, 0.1) is 12.8 Å². The number of benzene rings is 2. The molecule has 0 spiro atoms. The van der Waals surface area contributed by atoms with Crippen LogP contribution in [-0.2, 0) is 14.3 Å². The molecule has 0 saturated carbocycles. The Bertz CT molecular complexity index is 897. The summed E-state index contributed by atoms with van der Waals surface area (Å²) in [5.41, 5.74) is 1.98. The molecule has 0 N–H and O–H groups in total. The van der Waals surface area contributed by atoms with Gasteiger partial charge in [0, 0.05) is 29.2 Å². The molecule has 146 valence electrons. The molecule has 0 aliphatic carbocycles. The van der Waals surface area contributed by atoms with Gasteiger partial charge in [-0.2, -0.15) is 0 Å². The van der Waals surface area contributed by atoms with Gasteiger partial charge in [-0.05, 0) is 31.0 Å². The van der Waals surface area contributed by atoms with E-state index >= 15 is 0 Å². The lowest BCUT2D eigenvalue weighted by Gasteiger charge is -2.20. The zero-order valence-electron chi connectivity index (χ0n) is 15.9. The Labute approximate surface area is 169 Å². The Morgan fingerprint density at radius 3 is 2.57 bits per heavy atom. The van der Waals surface area contributed by atoms with Gasteiger partial charge in [0.2, 0.25) is 11.7 Å². The van der Waals surface area contributed by atoms with Crippen LogP contribution in [0.3, 0.4) is 0 Å². The van der Waals surface area contributed by atoms with E-state index in [-0.39, 0.29) is 24.7 Å². The minimum Gasteiger partial charge on any atom is -0.454 e. The largest absolute Gasteiger partial charge is 0.454 e. The molecule has 0 aromatic heterocycles. The number of esters is 1. The summed E-state index contributed by atoms with van der Waals surface area (Å²) in [4.78, 5) is 39.3. The van der Waals surface area contributed by atoms with Crippen LogP contribution in [0.2, 0.25) is 5.02 Å². The highest BCUT2D eigenvalue weighted by Gasteiger charge is 2.38. The summed E-state index contributed by atoms with van der Waals surface area (Å²) in [6.45, 7) is 3.84. The molecule has 1 amide bonds. The van der Waals surface area contributed by atoms with Gasteiger partial charge in [0.25, 0.3) is 0 Å². The highest BCUT2D eigenvalue weighted by atomic mass is 35.5. The lowest BCUT2D eigenvalue weighted by molar-refractivity contribution is -0.151. The molecule has 1 aliphatic rings. The fourth-order valence-corrected chi connectivity index (χ4v) is 3.50. The summed E-state index contributed by atoms with van der Waals surface area (Å²) in [5.74, 6) is -1.52. The van der Waals surface area contributed by atoms with Crippen molar-refractivity contribution < 1.29 is 19.1 Å². The maximum Gasteiger partial charge on any atom is 0.312 e. The van der Waals surface area contributed by atoms with Gasteiger partial charge in [0.1, 0.15) is 0 Å². The minimum atomic E-state index is -0.855. The number of anilines is 1. The van der Waals surface area contributed by atoms with Crippen LogP contribution in [0.25, 0.3) is 0 Å².